The minimum atomic E-state index is -0.572. The fourth-order valence-electron chi connectivity index (χ4n) is 2.11. The lowest BCUT2D eigenvalue weighted by molar-refractivity contribution is 0.0583. The topological polar surface area (TPSA) is 35.2 Å². The lowest BCUT2D eigenvalue weighted by Crippen LogP contribution is -2.27. The second-order valence-electron chi connectivity index (χ2n) is 4.18. The Kier molecular flexibility index (Phi) is 5.31. The van der Waals surface area contributed by atoms with E-state index < -0.39 is 11.6 Å². The summed E-state index contributed by atoms with van der Waals surface area (Å²) < 4.78 is 31.3. The van der Waals surface area contributed by atoms with Gasteiger partial charge in [0.15, 0.2) is 0 Å². The molecular weight excluding hydrogens is 248 g/mol. The van der Waals surface area contributed by atoms with Crippen LogP contribution in [0.1, 0.15) is 24.4 Å². The first-order valence-electron chi connectivity index (χ1n) is 5.46. The van der Waals surface area contributed by atoms with E-state index in [0.29, 0.717) is 18.8 Å². The zero-order valence-electron chi connectivity index (χ0n) is 9.36. The van der Waals surface area contributed by atoms with Crippen molar-refractivity contribution in [2.45, 2.75) is 18.9 Å². The van der Waals surface area contributed by atoms with Crippen LogP contribution in [0.25, 0.3) is 0 Å². The Morgan fingerprint density at radius 3 is 2.18 bits per heavy atom. The summed E-state index contributed by atoms with van der Waals surface area (Å²) in [6.07, 6.45) is 1.69. The minimum absolute atomic E-state index is 0. The van der Waals surface area contributed by atoms with Gasteiger partial charge in [-0.25, -0.2) is 8.78 Å². The largest absolute Gasteiger partial charge is 0.381 e. The molecule has 0 aliphatic carbocycles. The number of hydrogen-bond donors (Lipinski definition) is 1. The van der Waals surface area contributed by atoms with Gasteiger partial charge in [0.1, 0.15) is 11.6 Å². The van der Waals surface area contributed by atoms with Gasteiger partial charge in [0.25, 0.3) is 0 Å². The van der Waals surface area contributed by atoms with Crippen LogP contribution in [0.4, 0.5) is 8.78 Å². The van der Waals surface area contributed by atoms with Crippen molar-refractivity contribution in [3.05, 3.63) is 35.4 Å². The molecule has 0 unspecified atom stereocenters. The van der Waals surface area contributed by atoms with Crippen LogP contribution in [0.3, 0.4) is 0 Å². The van der Waals surface area contributed by atoms with Gasteiger partial charge < -0.3 is 10.5 Å². The van der Waals surface area contributed by atoms with Gasteiger partial charge in [0, 0.05) is 25.3 Å². The molecule has 1 fully saturated rings. The van der Waals surface area contributed by atoms with E-state index >= 15 is 0 Å². The molecule has 96 valence electrons. The molecule has 1 aromatic carbocycles. The molecule has 1 atom stereocenters. The molecule has 2 N–H and O–H groups in total. The van der Waals surface area contributed by atoms with Crippen molar-refractivity contribution in [2.24, 2.45) is 11.7 Å². The summed E-state index contributed by atoms with van der Waals surface area (Å²) in [6.45, 7) is 1.35. The van der Waals surface area contributed by atoms with Crippen LogP contribution in [-0.2, 0) is 4.74 Å². The SMILES string of the molecule is Cl.N[C@@H](c1cc(F)cc(F)c1)C1CCOCC1. The van der Waals surface area contributed by atoms with Crippen molar-refractivity contribution in [1.29, 1.82) is 0 Å². The maximum absolute atomic E-state index is 13.0. The second-order valence-corrected chi connectivity index (χ2v) is 4.18. The molecule has 0 amide bonds. The Hall–Kier alpha value is -0.710. The van der Waals surface area contributed by atoms with Crippen LogP contribution in [0.15, 0.2) is 18.2 Å². The molecule has 0 aromatic heterocycles. The molecule has 1 aliphatic heterocycles. The molecule has 2 rings (SSSR count). The Balaban J connectivity index is 0.00000144. The Labute approximate surface area is 106 Å². The molecule has 5 heteroatoms. The Bertz CT molecular complexity index is 349. The van der Waals surface area contributed by atoms with Gasteiger partial charge in [-0.05, 0) is 36.5 Å². The third-order valence-corrected chi connectivity index (χ3v) is 3.04. The molecule has 0 spiro atoms. The summed E-state index contributed by atoms with van der Waals surface area (Å²) in [4.78, 5) is 0. The van der Waals surface area contributed by atoms with E-state index in [1.165, 1.54) is 12.1 Å². The van der Waals surface area contributed by atoms with Crippen molar-refractivity contribution in [3.63, 3.8) is 0 Å². The first kappa shape index (κ1) is 14.4. The third-order valence-electron chi connectivity index (χ3n) is 3.04. The first-order chi connectivity index (χ1) is 7.66. The van der Waals surface area contributed by atoms with Crippen molar-refractivity contribution >= 4 is 12.4 Å². The fourth-order valence-corrected chi connectivity index (χ4v) is 2.11. The van der Waals surface area contributed by atoms with Crippen LogP contribution in [0.2, 0.25) is 0 Å². The van der Waals surface area contributed by atoms with E-state index in [1.807, 2.05) is 0 Å². The molecule has 1 heterocycles. The van der Waals surface area contributed by atoms with E-state index in [0.717, 1.165) is 18.9 Å². The van der Waals surface area contributed by atoms with Crippen molar-refractivity contribution in [1.82, 2.24) is 0 Å². The van der Waals surface area contributed by atoms with E-state index in [4.69, 9.17) is 10.5 Å². The zero-order chi connectivity index (χ0) is 11.5. The summed E-state index contributed by atoms with van der Waals surface area (Å²) in [7, 11) is 0. The highest BCUT2D eigenvalue weighted by atomic mass is 35.5. The van der Waals surface area contributed by atoms with Gasteiger partial charge in [0.05, 0.1) is 0 Å². The van der Waals surface area contributed by atoms with Crippen LogP contribution in [0, 0.1) is 17.6 Å². The quantitative estimate of drug-likeness (QED) is 0.891. The standard InChI is InChI=1S/C12H15F2NO.ClH/c13-10-5-9(6-11(14)7-10)12(15)8-1-3-16-4-2-8;/h5-8,12H,1-4,15H2;1H/t12-;/m1./s1. The van der Waals surface area contributed by atoms with Gasteiger partial charge in [-0.2, -0.15) is 0 Å². The number of nitrogens with two attached hydrogens (primary N) is 1. The van der Waals surface area contributed by atoms with E-state index in [1.54, 1.807) is 0 Å². The summed E-state index contributed by atoms with van der Waals surface area (Å²) in [5.41, 5.74) is 6.55. The summed E-state index contributed by atoms with van der Waals surface area (Å²) in [5, 5.41) is 0. The predicted molar refractivity (Wildman–Crippen MR) is 64.1 cm³/mol. The highest BCUT2D eigenvalue weighted by Crippen LogP contribution is 2.28. The Morgan fingerprint density at radius 1 is 1.12 bits per heavy atom. The third kappa shape index (κ3) is 3.63. The lowest BCUT2D eigenvalue weighted by Gasteiger charge is -2.27. The molecule has 1 saturated heterocycles. The fraction of sp³-hybridized carbons (Fsp3) is 0.500. The maximum Gasteiger partial charge on any atom is 0.126 e. The van der Waals surface area contributed by atoms with E-state index in [2.05, 4.69) is 0 Å². The molecule has 1 aliphatic rings. The average Bonchev–Trinajstić information content (AvgIpc) is 2.28. The van der Waals surface area contributed by atoms with E-state index in [-0.39, 0.29) is 24.4 Å². The summed E-state index contributed by atoms with van der Waals surface area (Å²) in [6, 6.07) is 3.17. The second kappa shape index (κ2) is 6.28. The smallest absolute Gasteiger partial charge is 0.126 e. The van der Waals surface area contributed by atoms with Crippen LogP contribution >= 0.6 is 12.4 Å². The molecule has 0 radical (unpaired) electrons. The van der Waals surface area contributed by atoms with Crippen LogP contribution in [-0.4, -0.2) is 13.2 Å². The zero-order valence-corrected chi connectivity index (χ0v) is 10.2. The monoisotopic (exact) mass is 263 g/mol. The maximum atomic E-state index is 13.0. The van der Waals surface area contributed by atoms with Gasteiger partial charge >= 0.3 is 0 Å². The Morgan fingerprint density at radius 2 is 1.65 bits per heavy atom. The molecule has 0 saturated carbocycles. The molecule has 0 bridgehead atoms. The van der Waals surface area contributed by atoms with Gasteiger partial charge in [-0.15, -0.1) is 12.4 Å². The first-order valence-corrected chi connectivity index (χ1v) is 5.46. The number of halogens is 3. The van der Waals surface area contributed by atoms with Gasteiger partial charge in [-0.3, -0.25) is 0 Å². The highest BCUT2D eigenvalue weighted by Gasteiger charge is 2.22. The lowest BCUT2D eigenvalue weighted by atomic mass is 9.88. The highest BCUT2D eigenvalue weighted by molar-refractivity contribution is 5.85. The predicted octanol–water partition coefficient (Wildman–Crippen LogP) is 2.81. The minimum Gasteiger partial charge on any atom is -0.381 e. The van der Waals surface area contributed by atoms with Gasteiger partial charge in [0.2, 0.25) is 0 Å². The van der Waals surface area contributed by atoms with E-state index in [9.17, 15) is 8.78 Å². The number of hydrogen-bond acceptors (Lipinski definition) is 2. The van der Waals surface area contributed by atoms with Gasteiger partial charge in [-0.1, -0.05) is 0 Å². The normalized spacial score (nSPS) is 18.5. The average molecular weight is 264 g/mol. The summed E-state index contributed by atoms with van der Waals surface area (Å²) in [5.74, 6) is -0.898. The van der Waals surface area contributed by atoms with Crippen molar-refractivity contribution in [3.8, 4) is 0 Å². The number of benzene rings is 1. The molecule has 1 aromatic rings. The van der Waals surface area contributed by atoms with Crippen molar-refractivity contribution in [2.75, 3.05) is 13.2 Å². The molecular formula is C12H16ClF2NO. The number of ether oxygens (including phenoxy) is 1. The summed E-state index contributed by atoms with van der Waals surface area (Å²) >= 11 is 0. The van der Waals surface area contributed by atoms with Crippen molar-refractivity contribution < 1.29 is 13.5 Å². The molecule has 2 nitrogen and oxygen atoms in total. The van der Waals surface area contributed by atoms with Crippen LogP contribution in [0.5, 0.6) is 0 Å². The number of rotatable bonds is 2. The van der Waals surface area contributed by atoms with Crippen LogP contribution < -0.4 is 5.73 Å². The molecule has 17 heavy (non-hydrogen) atoms.